The minimum atomic E-state index is 0.0218. The van der Waals surface area contributed by atoms with Gasteiger partial charge in [0.1, 0.15) is 5.75 Å². The van der Waals surface area contributed by atoms with Gasteiger partial charge in [-0.3, -0.25) is 0 Å². The molecule has 3 heteroatoms. The molecule has 1 aromatic carbocycles. The average Bonchev–Trinajstić information content (AvgIpc) is 2.40. The third-order valence-electron chi connectivity index (χ3n) is 4.01. The zero-order valence-corrected chi connectivity index (χ0v) is 10.4. The largest absolute Gasteiger partial charge is 0.508 e. The quantitative estimate of drug-likeness (QED) is 0.851. The van der Waals surface area contributed by atoms with Crippen LogP contribution in [0.15, 0.2) is 24.3 Å². The molecule has 0 aromatic heterocycles. The lowest BCUT2D eigenvalue weighted by Gasteiger charge is -2.37. The second-order valence-corrected chi connectivity index (χ2v) is 5.09. The second-order valence-electron chi connectivity index (χ2n) is 5.09. The van der Waals surface area contributed by atoms with Crippen molar-refractivity contribution in [1.82, 2.24) is 0 Å². The van der Waals surface area contributed by atoms with E-state index in [9.17, 15) is 5.11 Å². The standard InChI is InChI=1S/C15H18N2O/c16-11-1-8-15(9-6-13(17)7-10-15)12-2-4-14(18)5-3-12/h2-5,17-18H,1,6-10H2. The van der Waals surface area contributed by atoms with E-state index in [1.54, 1.807) is 12.1 Å². The second kappa shape index (κ2) is 5.22. The van der Waals surface area contributed by atoms with Crippen molar-refractivity contribution in [2.75, 3.05) is 0 Å². The minimum Gasteiger partial charge on any atom is -0.508 e. The highest BCUT2D eigenvalue weighted by Crippen LogP contribution is 2.42. The number of nitrogens with zero attached hydrogens (tertiary/aromatic N) is 1. The molecule has 0 radical (unpaired) electrons. The van der Waals surface area contributed by atoms with Crippen molar-refractivity contribution in [1.29, 1.82) is 10.7 Å². The van der Waals surface area contributed by atoms with E-state index in [2.05, 4.69) is 6.07 Å². The smallest absolute Gasteiger partial charge is 0.115 e. The fraction of sp³-hybridized carbons (Fsp3) is 0.467. The summed E-state index contributed by atoms with van der Waals surface area (Å²) in [6, 6.07) is 9.57. The van der Waals surface area contributed by atoms with Crippen LogP contribution >= 0.6 is 0 Å². The summed E-state index contributed by atoms with van der Waals surface area (Å²) in [7, 11) is 0. The Morgan fingerprint density at radius 1 is 1.22 bits per heavy atom. The summed E-state index contributed by atoms with van der Waals surface area (Å²) >= 11 is 0. The van der Waals surface area contributed by atoms with Crippen molar-refractivity contribution < 1.29 is 5.11 Å². The summed E-state index contributed by atoms with van der Waals surface area (Å²) in [6.07, 6.45) is 4.94. The van der Waals surface area contributed by atoms with Gasteiger partial charge in [0.25, 0.3) is 0 Å². The van der Waals surface area contributed by atoms with Crippen LogP contribution in [-0.2, 0) is 5.41 Å². The predicted octanol–water partition coefficient (Wildman–Crippen LogP) is 3.53. The van der Waals surface area contributed by atoms with Crippen LogP contribution in [0, 0.1) is 16.7 Å². The zero-order valence-electron chi connectivity index (χ0n) is 10.4. The molecule has 2 N–H and O–H groups in total. The number of nitriles is 1. The summed E-state index contributed by atoms with van der Waals surface area (Å²) < 4.78 is 0. The first kappa shape index (κ1) is 12.6. The van der Waals surface area contributed by atoms with Gasteiger partial charge in [-0.2, -0.15) is 5.26 Å². The topological polar surface area (TPSA) is 67.9 Å². The van der Waals surface area contributed by atoms with Crippen LogP contribution in [0.2, 0.25) is 0 Å². The Bertz CT molecular complexity index is 460. The van der Waals surface area contributed by atoms with Gasteiger partial charge in [0.05, 0.1) is 6.07 Å². The highest BCUT2D eigenvalue weighted by atomic mass is 16.3. The maximum atomic E-state index is 9.37. The third-order valence-corrected chi connectivity index (χ3v) is 4.01. The number of benzene rings is 1. The van der Waals surface area contributed by atoms with E-state index in [1.807, 2.05) is 12.1 Å². The van der Waals surface area contributed by atoms with Gasteiger partial charge < -0.3 is 10.5 Å². The first-order valence-electron chi connectivity index (χ1n) is 6.39. The van der Waals surface area contributed by atoms with E-state index in [0.29, 0.717) is 6.42 Å². The van der Waals surface area contributed by atoms with Gasteiger partial charge in [0.15, 0.2) is 0 Å². The molecule has 94 valence electrons. The lowest BCUT2D eigenvalue weighted by molar-refractivity contribution is 0.333. The average molecular weight is 242 g/mol. The molecule has 0 bridgehead atoms. The van der Waals surface area contributed by atoms with Gasteiger partial charge in [-0.25, -0.2) is 0 Å². The summed E-state index contributed by atoms with van der Waals surface area (Å²) in [5.41, 5.74) is 2.04. The molecule has 1 aliphatic rings. The molecule has 0 saturated heterocycles. The Morgan fingerprint density at radius 3 is 2.39 bits per heavy atom. The Balaban J connectivity index is 2.27. The fourth-order valence-corrected chi connectivity index (χ4v) is 2.82. The van der Waals surface area contributed by atoms with E-state index < -0.39 is 0 Å². The summed E-state index contributed by atoms with van der Waals surface area (Å²) in [5.74, 6) is 0.276. The molecular formula is C15H18N2O. The molecule has 0 heterocycles. The molecule has 0 spiro atoms. The van der Waals surface area contributed by atoms with Crippen LogP contribution in [0.1, 0.15) is 44.1 Å². The van der Waals surface area contributed by atoms with Crippen molar-refractivity contribution in [3.63, 3.8) is 0 Å². The Morgan fingerprint density at radius 2 is 1.83 bits per heavy atom. The summed E-state index contributed by atoms with van der Waals surface area (Å²) in [5, 5.41) is 25.9. The Hall–Kier alpha value is -1.82. The number of phenols is 1. The fourth-order valence-electron chi connectivity index (χ4n) is 2.82. The van der Waals surface area contributed by atoms with E-state index >= 15 is 0 Å². The lowest BCUT2D eigenvalue weighted by atomic mass is 9.66. The molecule has 1 aromatic rings. The lowest BCUT2D eigenvalue weighted by Crippen LogP contribution is -2.31. The molecule has 1 fully saturated rings. The van der Waals surface area contributed by atoms with Gasteiger partial charge in [0.2, 0.25) is 0 Å². The Labute approximate surface area is 108 Å². The van der Waals surface area contributed by atoms with Crippen molar-refractivity contribution in [2.24, 2.45) is 0 Å². The molecular weight excluding hydrogens is 224 g/mol. The van der Waals surface area contributed by atoms with E-state index in [-0.39, 0.29) is 11.2 Å². The first-order valence-corrected chi connectivity index (χ1v) is 6.39. The van der Waals surface area contributed by atoms with Crippen molar-refractivity contribution in [3.8, 4) is 11.8 Å². The molecule has 18 heavy (non-hydrogen) atoms. The van der Waals surface area contributed by atoms with Crippen LogP contribution in [-0.4, -0.2) is 10.8 Å². The molecule has 2 rings (SSSR count). The molecule has 0 aliphatic heterocycles. The van der Waals surface area contributed by atoms with Crippen LogP contribution in [0.4, 0.5) is 0 Å². The van der Waals surface area contributed by atoms with Crippen molar-refractivity contribution in [3.05, 3.63) is 29.8 Å². The van der Waals surface area contributed by atoms with Crippen molar-refractivity contribution in [2.45, 2.75) is 43.9 Å². The zero-order chi connectivity index (χ0) is 13.0. The maximum Gasteiger partial charge on any atom is 0.115 e. The van der Waals surface area contributed by atoms with E-state index in [4.69, 9.17) is 10.7 Å². The van der Waals surface area contributed by atoms with Crippen LogP contribution < -0.4 is 0 Å². The number of aromatic hydroxyl groups is 1. The number of rotatable bonds is 3. The SMILES string of the molecule is N#CCCC1(c2ccc(O)cc2)CCC(=N)CC1. The van der Waals surface area contributed by atoms with Crippen LogP contribution in [0.25, 0.3) is 0 Å². The Kier molecular flexibility index (Phi) is 3.66. The maximum absolute atomic E-state index is 9.37. The molecule has 0 unspecified atom stereocenters. The first-order chi connectivity index (χ1) is 8.66. The van der Waals surface area contributed by atoms with Gasteiger partial charge in [0, 0.05) is 12.1 Å². The molecule has 1 saturated carbocycles. The van der Waals surface area contributed by atoms with Gasteiger partial charge in [-0.05, 0) is 55.2 Å². The summed E-state index contributed by atoms with van der Waals surface area (Å²) in [4.78, 5) is 0. The third kappa shape index (κ3) is 2.53. The number of phenolic OH excluding ortho intramolecular Hbond substituents is 1. The number of hydrogen-bond donors (Lipinski definition) is 2. The minimum absolute atomic E-state index is 0.0218. The molecule has 3 nitrogen and oxygen atoms in total. The van der Waals surface area contributed by atoms with Gasteiger partial charge >= 0.3 is 0 Å². The normalized spacial score (nSPS) is 23.6. The highest BCUT2D eigenvalue weighted by Gasteiger charge is 2.34. The summed E-state index contributed by atoms with van der Waals surface area (Å²) in [6.45, 7) is 0. The van der Waals surface area contributed by atoms with Crippen LogP contribution in [0.5, 0.6) is 5.75 Å². The van der Waals surface area contributed by atoms with E-state index in [0.717, 1.165) is 37.8 Å². The number of nitrogens with one attached hydrogen (secondary N) is 1. The van der Waals surface area contributed by atoms with E-state index in [1.165, 1.54) is 5.56 Å². The van der Waals surface area contributed by atoms with Gasteiger partial charge in [-0.1, -0.05) is 12.1 Å². The molecule has 1 aliphatic carbocycles. The molecule has 0 atom stereocenters. The molecule has 0 amide bonds. The van der Waals surface area contributed by atoms with Crippen LogP contribution in [0.3, 0.4) is 0 Å². The van der Waals surface area contributed by atoms with Crippen molar-refractivity contribution >= 4 is 5.71 Å². The number of hydrogen-bond acceptors (Lipinski definition) is 3. The highest BCUT2D eigenvalue weighted by molar-refractivity contribution is 5.82. The predicted molar refractivity (Wildman–Crippen MR) is 70.8 cm³/mol. The van der Waals surface area contributed by atoms with Gasteiger partial charge in [-0.15, -0.1) is 0 Å². The monoisotopic (exact) mass is 242 g/mol.